The van der Waals surface area contributed by atoms with Crippen LogP contribution in [0, 0.1) is 0 Å². The van der Waals surface area contributed by atoms with E-state index in [0.717, 1.165) is 25.7 Å². The Hall–Kier alpha value is -1.10. The molecule has 5 heteroatoms. The van der Waals surface area contributed by atoms with Crippen LogP contribution in [0.15, 0.2) is 0 Å². The van der Waals surface area contributed by atoms with Crippen LogP contribution >= 0.6 is 0 Å². The number of hydrogen-bond donors (Lipinski definition) is 3. The van der Waals surface area contributed by atoms with Gasteiger partial charge in [-0.2, -0.15) is 0 Å². The summed E-state index contributed by atoms with van der Waals surface area (Å²) < 4.78 is 0. The van der Waals surface area contributed by atoms with Gasteiger partial charge in [0.2, 0.25) is 11.8 Å². The Bertz CT molecular complexity index is 232. The van der Waals surface area contributed by atoms with Gasteiger partial charge in [0.25, 0.3) is 0 Å². The Labute approximate surface area is 103 Å². The molecule has 0 heterocycles. The summed E-state index contributed by atoms with van der Waals surface area (Å²) in [4.78, 5) is 22.0. The van der Waals surface area contributed by atoms with Crippen LogP contribution < -0.4 is 11.1 Å². The minimum absolute atomic E-state index is 0.00641. The third-order valence-electron chi connectivity index (χ3n) is 2.60. The van der Waals surface area contributed by atoms with E-state index in [9.17, 15) is 9.59 Å². The molecule has 0 spiro atoms. The van der Waals surface area contributed by atoms with Gasteiger partial charge in [-0.15, -0.1) is 0 Å². The van der Waals surface area contributed by atoms with Crippen molar-refractivity contribution in [3.05, 3.63) is 0 Å². The highest BCUT2D eigenvalue weighted by Gasteiger charge is 2.12. The topological polar surface area (TPSA) is 92.4 Å². The first-order chi connectivity index (χ1) is 8.10. The second kappa shape index (κ2) is 10.1. The molecule has 2 amide bonds. The van der Waals surface area contributed by atoms with Gasteiger partial charge in [-0.05, 0) is 12.8 Å². The van der Waals surface area contributed by atoms with Gasteiger partial charge in [-0.25, -0.2) is 0 Å². The van der Waals surface area contributed by atoms with E-state index in [2.05, 4.69) is 12.2 Å². The van der Waals surface area contributed by atoms with Crippen molar-refractivity contribution in [3.63, 3.8) is 0 Å². The molecule has 100 valence electrons. The molecule has 0 aliphatic carbocycles. The average molecular weight is 244 g/mol. The molecule has 0 saturated carbocycles. The van der Waals surface area contributed by atoms with Crippen LogP contribution in [0.2, 0.25) is 0 Å². The fourth-order valence-corrected chi connectivity index (χ4v) is 1.62. The molecule has 0 aromatic heterocycles. The van der Waals surface area contributed by atoms with E-state index in [4.69, 9.17) is 10.8 Å². The lowest BCUT2D eigenvalue weighted by molar-refractivity contribution is -0.125. The monoisotopic (exact) mass is 244 g/mol. The summed E-state index contributed by atoms with van der Waals surface area (Å²) in [6.45, 7) is 2.18. The fourth-order valence-electron chi connectivity index (χ4n) is 1.62. The van der Waals surface area contributed by atoms with Crippen LogP contribution in [0.5, 0.6) is 0 Å². The molecule has 0 aromatic rings. The number of unbranched alkanes of at least 4 members (excludes halogenated alkanes) is 2. The number of carbonyl (C=O) groups excluding carboxylic acids is 2. The number of rotatable bonds is 10. The zero-order valence-corrected chi connectivity index (χ0v) is 10.6. The van der Waals surface area contributed by atoms with Gasteiger partial charge in [-0.3, -0.25) is 9.59 Å². The van der Waals surface area contributed by atoms with E-state index in [-0.39, 0.29) is 31.4 Å². The lowest BCUT2D eigenvalue weighted by atomic mass is 10.1. The van der Waals surface area contributed by atoms with Gasteiger partial charge in [0.15, 0.2) is 0 Å². The minimum Gasteiger partial charge on any atom is -0.396 e. The van der Waals surface area contributed by atoms with Crippen molar-refractivity contribution in [2.45, 2.75) is 57.9 Å². The number of aliphatic hydroxyl groups excluding tert-OH is 1. The van der Waals surface area contributed by atoms with Crippen LogP contribution in [-0.4, -0.2) is 29.6 Å². The molecule has 0 rings (SSSR count). The van der Waals surface area contributed by atoms with Crippen molar-refractivity contribution < 1.29 is 14.7 Å². The lowest BCUT2D eigenvalue weighted by Gasteiger charge is -2.17. The maximum atomic E-state index is 11.5. The molecule has 4 N–H and O–H groups in total. The second-order valence-corrected chi connectivity index (χ2v) is 4.24. The van der Waals surface area contributed by atoms with E-state index >= 15 is 0 Å². The van der Waals surface area contributed by atoms with Crippen LogP contribution in [-0.2, 0) is 9.59 Å². The Balaban J connectivity index is 3.87. The molecule has 0 radical (unpaired) electrons. The number of carbonyl (C=O) groups is 2. The third-order valence-corrected chi connectivity index (χ3v) is 2.60. The maximum absolute atomic E-state index is 11.5. The SMILES string of the molecule is CCCCC[C@H](CCO)NC(=O)CCC(N)=O. The van der Waals surface area contributed by atoms with Gasteiger partial charge in [0, 0.05) is 25.5 Å². The summed E-state index contributed by atoms with van der Waals surface area (Å²) in [6, 6.07) is 0.00641. The van der Waals surface area contributed by atoms with Crippen molar-refractivity contribution >= 4 is 11.8 Å². The first kappa shape index (κ1) is 15.9. The van der Waals surface area contributed by atoms with Crippen LogP contribution in [0.1, 0.15) is 51.9 Å². The summed E-state index contributed by atoms with van der Waals surface area (Å²) in [5.41, 5.74) is 4.97. The Morgan fingerprint density at radius 2 is 1.94 bits per heavy atom. The van der Waals surface area contributed by atoms with Crippen LogP contribution in [0.25, 0.3) is 0 Å². The zero-order chi connectivity index (χ0) is 13.1. The van der Waals surface area contributed by atoms with Crippen LogP contribution in [0.3, 0.4) is 0 Å². The molecular formula is C12H24N2O3. The van der Waals surface area contributed by atoms with E-state index in [1.807, 2.05) is 0 Å². The van der Waals surface area contributed by atoms with E-state index in [1.54, 1.807) is 0 Å². The fraction of sp³-hybridized carbons (Fsp3) is 0.833. The first-order valence-electron chi connectivity index (χ1n) is 6.28. The Morgan fingerprint density at radius 1 is 1.24 bits per heavy atom. The summed E-state index contributed by atoms with van der Waals surface area (Å²) in [5.74, 6) is -0.636. The van der Waals surface area contributed by atoms with Crippen molar-refractivity contribution in [1.29, 1.82) is 0 Å². The molecule has 5 nitrogen and oxygen atoms in total. The number of amides is 2. The molecule has 0 saturated heterocycles. The van der Waals surface area contributed by atoms with Crippen molar-refractivity contribution in [1.82, 2.24) is 5.32 Å². The van der Waals surface area contributed by atoms with Gasteiger partial charge >= 0.3 is 0 Å². The molecule has 0 aliphatic heterocycles. The molecule has 0 aliphatic rings. The van der Waals surface area contributed by atoms with Crippen molar-refractivity contribution in [2.24, 2.45) is 5.73 Å². The van der Waals surface area contributed by atoms with Gasteiger partial charge < -0.3 is 16.2 Å². The van der Waals surface area contributed by atoms with Gasteiger partial charge in [-0.1, -0.05) is 26.2 Å². The summed E-state index contributed by atoms with van der Waals surface area (Å²) in [7, 11) is 0. The van der Waals surface area contributed by atoms with E-state index < -0.39 is 5.91 Å². The standard InChI is InChI=1S/C12H24N2O3/c1-2-3-4-5-10(8-9-15)14-12(17)7-6-11(13)16/h10,15H,2-9H2,1H3,(H2,13,16)(H,14,17)/t10-/m1/s1. The molecule has 0 fully saturated rings. The van der Waals surface area contributed by atoms with Crippen molar-refractivity contribution in [2.75, 3.05) is 6.61 Å². The number of nitrogens with one attached hydrogen (secondary N) is 1. The number of hydrogen-bond acceptors (Lipinski definition) is 3. The zero-order valence-electron chi connectivity index (χ0n) is 10.6. The second-order valence-electron chi connectivity index (χ2n) is 4.24. The summed E-state index contributed by atoms with van der Waals surface area (Å²) >= 11 is 0. The lowest BCUT2D eigenvalue weighted by Crippen LogP contribution is -2.36. The minimum atomic E-state index is -0.468. The predicted molar refractivity (Wildman–Crippen MR) is 66.2 cm³/mol. The van der Waals surface area contributed by atoms with Gasteiger partial charge in [0.05, 0.1) is 0 Å². The maximum Gasteiger partial charge on any atom is 0.220 e. The third kappa shape index (κ3) is 9.81. The largest absolute Gasteiger partial charge is 0.396 e. The first-order valence-corrected chi connectivity index (χ1v) is 6.28. The quantitative estimate of drug-likeness (QED) is 0.494. The Kier molecular flexibility index (Phi) is 9.43. The number of primary amides is 1. The molecular weight excluding hydrogens is 220 g/mol. The van der Waals surface area contributed by atoms with E-state index in [1.165, 1.54) is 0 Å². The highest BCUT2D eigenvalue weighted by molar-refractivity contribution is 5.82. The van der Waals surface area contributed by atoms with Crippen LogP contribution in [0.4, 0.5) is 0 Å². The molecule has 0 bridgehead atoms. The molecule has 0 unspecified atom stereocenters. The van der Waals surface area contributed by atoms with Crippen molar-refractivity contribution in [3.8, 4) is 0 Å². The molecule has 1 atom stereocenters. The predicted octanol–water partition coefficient (Wildman–Crippen LogP) is 0.699. The van der Waals surface area contributed by atoms with Gasteiger partial charge in [0.1, 0.15) is 0 Å². The highest BCUT2D eigenvalue weighted by Crippen LogP contribution is 2.06. The molecule has 17 heavy (non-hydrogen) atoms. The smallest absolute Gasteiger partial charge is 0.220 e. The number of nitrogens with two attached hydrogens (primary N) is 1. The summed E-state index contributed by atoms with van der Waals surface area (Å²) in [5, 5.41) is 11.7. The highest BCUT2D eigenvalue weighted by atomic mass is 16.3. The average Bonchev–Trinajstić information content (AvgIpc) is 2.27. The Morgan fingerprint density at radius 3 is 2.47 bits per heavy atom. The number of aliphatic hydroxyl groups is 1. The normalized spacial score (nSPS) is 12.1. The van der Waals surface area contributed by atoms with E-state index in [0.29, 0.717) is 6.42 Å². The molecule has 0 aromatic carbocycles. The summed E-state index contributed by atoms with van der Waals surface area (Å²) in [6.07, 6.45) is 4.93.